The van der Waals surface area contributed by atoms with Crippen LogP contribution in [0.25, 0.3) is 0 Å². The molecule has 4 heteroatoms. The third-order valence-electron chi connectivity index (χ3n) is 3.23. The van der Waals surface area contributed by atoms with Crippen LogP contribution in [0.2, 0.25) is 0 Å². The summed E-state index contributed by atoms with van der Waals surface area (Å²) in [6, 6.07) is 7.61. The van der Waals surface area contributed by atoms with Crippen molar-refractivity contribution in [2.75, 3.05) is 13.6 Å². The van der Waals surface area contributed by atoms with Crippen molar-refractivity contribution in [1.82, 2.24) is 4.90 Å². The molecule has 1 aromatic rings. The van der Waals surface area contributed by atoms with E-state index in [0.717, 1.165) is 18.4 Å². The normalized spacial score (nSPS) is 11.9. The van der Waals surface area contributed by atoms with Crippen molar-refractivity contribution < 1.29 is 14.7 Å². The van der Waals surface area contributed by atoms with E-state index < -0.39 is 6.09 Å². The van der Waals surface area contributed by atoms with Crippen LogP contribution in [0.15, 0.2) is 24.3 Å². The largest absolute Gasteiger partial charge is 0.465 e. The lowest BCUT2D eigenvalue weighted by Gasteiger charge is -2.16. The first kappa shape index (κ1) is 15.2. The summed E-state index contributed by atoms with van der Waals surface area (Å²) < 4.78 is 0. The maximum Gasteiger partial charge on any atom is 0.407 e. The fraction of sp³-hybridized carbons (Fsp3) is 0.467. The molecule has 1 aromatic carbocycles. The van der Waals surface area contributed by atoms with Gasteiger partial charge in [0.15, 0.2) is 5.78 Å². The molecule has 0 spiro atoms. The Morgan fingerprint density at radius 2 is 1.84 bits per heavy atom. The number of nitrogens with zero attached hydrogens (tertiary/aromatic N) is 1. The molecule has 0 fully saturated rings. The minimum atomic E-state index is -0.891. The first-order valence-corrected chi connectivity index (χ1v) is 6.44. The highest BCUT2D eigenvalue weighted by Crippen LogP contribution is 2.13. The van der Waals surface area contributed by atoms with Crippen molar-refractivity contribution in [1.29, 1.82) is 0 Å². The standard InChI is InChI=1S/C15H21NO3/c1-11(8-9-16(3)15(18)19)10-13-4-6-14(7-5-13)12(2)17/h4-7,11H,8-10H2,1-3H3,(H,18,19). The Morgan fingerprint density at radius 1 is 1.26 bits per heavy atom. The quantitative estimate of drug-likeness (QED) is 0.802. The van der Waals surface area contributed by atoms with Gasteiger partial charge in [-0.15, -0.1) is 0 Å². The topological polar surface area (TPSA) is 57.6 Å². The average molecular weight is 263 g/mol. The molecule has 0 heterocycles. The Balaban J connectivity index is 2.46. The monoisotopic (exact) mass is 263 g/mol. The van der Waals surface area contributed by atoms with E-state index in [1.807, 2.05) is 24.3 Å². The lowest BCUT2D eigenvalue weighted by Crippen LogP contribution is -2.27. The molecule has 0 aliphatic heterocycles. The molecule has 1 unspecified atom stereocenters. The highest BCUT2D eigenvalue weighted by molar-refractivity contribution is 5.93. The molecule has 0 saturated carbocycles. The van der Waals surface area contributed by atoms with Crippen LogP contribution >= 0.6 is 0 Å². The van der Waals surface area contributed by atoms with Crippen molar-refractivity contribution in [2.45, 2.75) is 26.7 Å². The molecule has 4 nitrogen and oxygen atoms in total. The lowest BCUT2D eigenvalue weighted by atomic mass is 9.97. The molecule has 0 aliphatic rings. The van der Waals surface area contributed by atoms with E-state index in [-0.39, 0.29) is 5.78 Å². The van der Waals surface area contributed by atoms with Crippen LogP contribution in [-0.2, 0) is 6.42 Å². The Hall–Kier alpha value is -1.84. The van der Waals surface area contributed by atoms with Gasteiger partial charge in [-0.1, -0.05) is 31.2 Å². The van der Waals surface area contributed by atoms with Crippen LogP contribution in [-0.4, -0.2) is 35.5 Å². The SMILES string of the molecule is CC(=O)c1ccc(CC(C)CCN(C)C(=O)O)cc1. The summed E-state index contributed by atoms with van der Waals surface area (Å²) in [6.07, 6.45) is 0.834. The van der Waals surface area contributed by atoms with Crippen LogP contribution in [0.1, 0.15) is 36.2 Å². The van der Waals surface area contributed by atoms with Crippen LogP contribution in [0.3, 0.4) is 0 Å². The minimum Gasteiger partial charge on any atom is -0.465 e. The van der Waals surface area contributed by atoms with Crippen LogP contribution in [0.5, 0.6) is 0 Å². The van der Waals surface area contributed by atoms with Crippen LogP contribution in [0.4, 0.5) is 4.79 Å². The maximum atomic E-state index is 11.2. The molecule has 1 rings (SSSR count). The number of hydrogen-bond donors (Lipinski definition) is 1. The minimum absolute atomic E-state index is 0.0719. The molecule has 104 valence electrons. The molecule has 1 amide bonds. The molecular formula is C15H21NO3. The van der Waals surface area contributed by atoms with Gasteiger partial charge >= 0.3 is 6.09 Å². The highest BCUT2D eigenvalue weighted by Gasteiger charge is 2.09. The zero-order valence-corrected chi connectivity index (χ0v) is 11.7. The first-order valence-electron chi connectivity index (χ1n) is 6.44. The molecule has 0 bridgehead atoms. The summed E-state index contributed by atoms with van der Waals surface area (Å²) in [6.45, 7) is 4.20. The van der Waals surface area contributed by atoms with Gasteiger partial charge in [0, 0.05) is 19.2 Å². The van der Waals surface area contributed by atoms with E-state index in [2.05, 4.69) is 6.92 Å². The number of rotatable bonds is 6. The fourth-order valence-corrected chi connectivity index (χ4v) is 1.89. The van der Waals surface area contributed by atoms with Gasteiger partial charge in [0.2, 0.25) is 0 Å². The van der Waals surface area contributed by atoms with Crippen molar-refractivity contribution in [2.24, 2.45) is 5.92 Å². The van der Waals surface area contributed by atoms with Gasteiger partial charge in [0.25, 0.3) is 0 Å². The molecule has 0 saturated heterocycles. The second-order valence-corrected chi connectivity index (χ2v) is 5.06. The summed E-state index contributed by atoms with van der Waals surface area (Å²) in [5.74, 6) is 0.479. The van der Waals surface area contributed by atoms with Crippen molar-refractivity contribution in [3.8, 4) is 0 Å². The number of carbonyl (C=O) groups excluding carboxylic acids is 1. The zero-order chi connectivity index (χ0) is 14.4. The third kappa shape index (κ3) is 5.12. The molecule has 0 aromatic heterocycles. The Bertz CT molecular complexity index is 439. The maximum absolute atomic E-state index is 11.2. The van der Waals surface area contributed by atoms with Gasteiger partial charge in [0.05, 0.1) is 0 Å². The fourth-order valence-electron chi connectivity index (χ4n) is 1.89. The van der Waals surface area contributed by atoms with Gasteiger partial charge in [-0.3, -0.25) is 4.79 Å². The number of carboxylic acid groups (broad SMARTS) is 1. The predicted octanol–water partition coefficient (Wildman–Crippen LogP) is 3.07. The average Bonchev–Trinajstić information content (AvgIpc) is 2.36. The van der Waals surface area contributed by atoms with Gasteiger partial charge in [-0.25, -0.2) is 4.79 Å². The highest BCUT2D eigenvalue weighted by atomic mass is 16.4. The Morgan fingerprint density at radius 3 is 2.32 bits per heavy atom. The second-order valence-electron chi connectivity index (χ2n) is 5.06. The predicted molar refractivity (Wildman–Crippen MR) is 74.6 cm³/mol. The number of carbonyl (C=O) groups is 2. The number of hydrogen-bond acceptors (Lipinski definition) is 2. The van der Waals surface area contributed by atoms with Crippen LogP contribution < -0.4 is 0 Å². The number of amides is 1. The summed E-state index contributed by atoms with van der Waals surface area (Å²) in [5, 5.41) is 8.76. The number of Topliss-reactive ketones (excluding diaryl/α,β-unsaturated/α-hetero) is 1. The van der Waals surface area contributed by atoms with E-state index in [4.69, 9.17) is 5.11 Å². The molecule has 0 radical (unpaired) electrons. The van der Waals surface area contributed by atoms with E-state index in [0.29, 0.717) is 12.5 Å². The first-order chi connectivity index (χ1) is 8.90. The van der Waals surface area contributed by atoms with E-state index in [1.54, 1.807) is 14.0 Å². The molecule has 1 N–H and O–H groups in total. The Labute approximate surface area is 114 Å². The van der Waals surface area contributed by atoms with Gasteiger partial charge in [-0.05, 0) is 31.2 Å². The van der Waals surface area contributed by atoms with Crippen molar-refractivity contribution in [3.63, 3.8) is 0 Å². The molecular weight excluding hydrogens is 242 g/mol. The van der Waals surface area contributed by atoms with E-state index in [9.17, 15) is 9.59 Å². The lowest BCUT2D eigenvalue weighted by molar-refractivity contribution is 0.101. The van der Waals surface area contributed by atoms with E-state index in [1.165, 1.54) is 10.5 Å². The van der Waals surface area contributed by atoms with E-state index >= 15 is 0 Å². The summed E-state index contributed by atoms with van der Waals surface area (Å²) in [7, 11) is 1.58. The number of benzene rings is 1. The molecule has 0 aliphatic carbocycles. The number of ketones is 1. The molecule has 1 atom stereocenters. The van der Waals surface area contributed by atoms with Gasteiger partial charge < -0.3 is 10.0 Å². The summed E-state index contributed by atoms with van der Waals surface area (Å²) >= 11 is 0. The van der Waals surface area contributed by atoms with Gasteiger partial charge in [-0.2, -0.15) is 0 Å². The zero-order valence-electron chi connectivity index (χ0n) is 11.7. The summed E-state index contributed by atoms with van der Waals surface area (Å²) in [4.78, 5) is 23.1. The smallest absolute Gasteiger partial charge is 0.407 e. The Kier molecular flexibility index (Phi) is 5.55. The molecule has 19 heavy (non-hydrogen) atoms. The second kappa shape index (κ2) is 6.92. The van der Waals surface area contributed by atoms with Crippen LogP contribution in [0, 0.1) is 5.92 Å². The van der Waals surface area contributed by atoms with Gasteiger partial charge in [0.1, 0.15) is 0 Å². The van der Waals surface area contributed by atoms with Crippen molar-refractivity contribution >= 4 is 11.9 Å². The third-order valence-corrected chi connectivity index (χ3v) is 3.23. The summed E-state index contributed by atoms with van der Waals surface area (Å²) in [5.41, 5.74) is 1.90. The van der Waals surface area contributed by atoms with Crippen molar-refractivity contribution in [3.05, 3.63) is 35.4 Å².